The third-order valence-electron chi connectivity index (χ3n) is 1.74. The Labute approximate surface area is 59.8 Å². The maximum absolute atomic E-state index is 4.28. The molecule has 0 amide bonds. The SMILES string of the molecule is CN1CN=C2C=CC=NC21. The Balaban J connectivity index is 2.30. The zero-order valence-corrected chi connectivity index (χ0v) is 5.86. The minimum atomic E-state index is 0.199. The van der Waals surface area contributed by atoms with Crippen molar-refractivity contribution in [1.82, 2.24) is 4.90 Å². The Morgan fingerprint density at radius 2 is 2.60 bits per heavy atom. The molecule has 3 nitrogen and oxygen atoms in total. The number of hydrogen-bond acceptors (Lipinski definition) is 3. The van der Waals surface area contributed by atoms with E-state index in [0.717, 1.165) is 12.4 Å². The van der Waals surface area contributed by atoms with Crippen LogP contribution in [0.3, 0.4) is 0 Å². The molecule has 0 N–H and O–H groups in total. The van der Waals surface area contributed by atoms with Crippen LogP contribution < -0.4 is 0 Å². The highest BCUT2D eigenvalue weighted by Gasteiger charge is 2.23. The van der Waals surface area contributed by atoms with Gasteiger partial charge in [-0.2, -0.15) is 0 Å². The summed E-state index contributed by atoms with van der Waals surface area (Å²) in [5.74, 6) is 0. The van der Waals surface area contributed by atoms with Gasteiger partial charge in [0.2, 0.25) is 0 Å². The highest BCUT2D eigenvalue weighted by Crippen LogP contribution is 2.12. The van der Waals surface area contributed by atoms with E-state index in [0.29, 0.717) is 0 Å². The lowest BCUT2D eigenvalue weighted by atomic mass is 10.2. The van der Waals surface area contributed by atoms with Crippen LogP contribution in [0.4, 0.5) is 0 Å². The molecule has 2 aliphatic rings. The highest BCUT2D eigenvalue weighted by molar-refractivity contribution is 6.05. The predicted molar refractivity (Wildman–Crippen MR) is 41.5 cm³/mol. The molecule has 0 radical (unpaired) electrons. The first-order chi connectivity index (χ1) is 4.88. The molecule has 0 saturated heterocycles. The fourth-order valence-electron chi connectivity index (χ4n) is 1.18. The fraction of sp³-hybridized carbons (Fsp3) is 0.429. The fourth-order valence-corrected chi connectivity index (χ4v) is 1.18. The summed E-state index contributed by atoms with van der Waals surface area (Å²) in [7, 11) is 2.03. The van der Waals surface area contributed by atoms with E-state index in [4.69, 9.17) is 0 Å². The molecule has 0 fully saturated rings. The molecule has 0 aliphatic carbocycles. The molecule has 0 bridgehead atoms. The van der Waals surface area contributed by atoms with Crippen LogP contribution >= 0.6 is 0 Å². The van der Waals surface area contributed by atoms with E-state index in [1.807, 2.05) is 25.4 Å². The van der Waals surface area contributed by atoms with Crippen LogP contribution in [0, 0.1) is 0 Å². The summed E-state index contributed by atoms with van der Waals surface area (Å²) in [6.45, 7) is 0.779. The van der Waals surface area contributed by atoms with Crippen molar-refractivity contribution in [3.8, 4) is 0 Å². The largest absolute Gasteiger partial charge is 0.270 e. The molecule has 3 heteroatoms. The lowest BCUT2D eigenvalue weighted by Gasteiger charge is -2.15. The second-order valence-electron chi connectivity index (χ2n) is 2.51. The van der Waals surface area contributed by atoms with Crippen LogP contribution in [0.5, 0.6) is 0 Å². The van der Waals surface area contributed by atoms with Crippen LogP contribution in [0.1, 0.15) is 0 Å². The molecule has 2 rings (SSSR count). The van der Waals surface area contributed by atoms with Crippen LogP contribution in [-0.2, 0) is 0 Å². The smallest absolute Gasteiger partial charge is 0.145 e. The second-order valence-corrected chi connectivity index (χ2v) is 2.51. The molecule has 2 heterocycles. The summed E-state index contributed by atoms with van der Waals surface area (Å²) in [4.78, 5) is 10.6. The molecule has 52 valence electrons. The zero-order valence-electron chi connectivity index (χ0n) is 5.86. The average molecular weight is 135 g/mol. The van der Waals surface area contributed by atoms with Gasteiger partial charge in [-0.3, -0.25) is 14.9 Å². The molecule has 0 spiro atoms. The van der Waals surface area contributed by atoms with Crippen molar-refractivity contribution < 1.29 is 0 Å². The Morgan fingerprint density at radius 3 is 3.40 bits per heavy atom. The summed E-state index contributed by atoms with van der Waals surface area (Å²) in [5, 5.41) is 0. The van der Waals surface area contributed by atoms with E-state index in [9.17, 15) is 0 Å². The van der Waals surface area contributed by atoms with Crippen molar-refractivity contribution in [3.05, 3.63) is 12.2 Å². The summed E-state index contributed by atoms with van der Waals surface area (Å²) >= 11 is 0. The van der Waals surface area contributed by atoms with Crippen molar-refractivity contribution in [1.29, 1.82) is 0 Å². The summed E-state index contributed by atoms with van der Waals surface area (Å²) < 4.78 is 0. The van der Waals surface area contributed by atoms with Gasteiger partial charge in [-0.15, -0.1) is 0 Å². The summed E-state index contributed by atoms with van der Waals surface area (Å²) in [6.07, 6.45) is 5.96. The van der Waals surface area contributed by atoms with E-state index >= 15 is 0 Å². The third kappa shape index (κ3) is 0.708. The number of dihydropyridines is 1. The maximum Gasteiger partial charge on any atom is 0.145 e. The topological polar surface area (TPSA) is 28.0 Å². The lowest BCUT2D eigenvalue weighted by molar-refractivity contribution is 0.341. The predicted octanol–water partition coefficient (Wildman–Crippen LogP) is 0.297. The minimum Gasteiger partial charge on any atom is -0.270 e. The van der Waals surface area contributed by atoms with Gasteiger partial charge in [-0.1, -0.05) is 0 Å². The quantitative estimate of drug-likeness (QED) is 0.469. The summed E-state index contributed by atoms with van der Waals surface area (Å²) in [6, 6.07) is 0. The standard InChI is InChI=1S/C7H9N3/c1-10-5-9-6-3-2-4-8-7(6)10/h2-4,7H,5H2,1H3. The molecule has 0 aromatic rings. The van der Waals surface area contributed by atoms with Gasteiger partial charge in [-0.25, -0.2) is 0 Å². The number of hydrogen-bond donors (Lipinski definition) is 0. The Hall–Kier alpha value is -0.960. The molecule has 0 aromatic heterocycles. The maximum atomic E-state index is 4.28. The normalized spacial score (nSPS) is 30.5. The van der Waals surface area contributed by atoms with Crippen molar-refractivity contribution in [2.45, 2.75) is 6.17 Å². The third-order valence-corrected chi connectivity index (χ3v) is 1.74. The molecule has 1 atom stereocenters. The van der Waals surface area contributed by atoms with E-state index < -0.39 is 0 Å². The Kier molecular flexibility index (Phi) is 1.17. The number of allylic oxidation sites excluding steroid dienone is 1. The molecule has 1 unspecified atom stereocenters. The first-order valence-corrected chi connectivity index (χ1v) is 3.32. The van der Waals surface area contributed by atoms with Crippen molar-refractivity contribution >= 4 is 11.9 Å². The molecular formula is C7H9N3. The van der Waals surface area contributed by atoms with Crippen molar-refractivity contribution in [2.24, 2.45) is 9.98 Å². The van der Waals surface area contributed by atoms with Gasteiger partial charge in [0.15, 0.2) is 0 Å². The van der Waals surface area contributed by atoms with Gasteiger partial charge in [0, 0.05) is 6.21 Å². The van der Waals surface area contributed by atoms with E-state index in [-0.39, 0.29) is 6.17 Å². The molecule has 10 heavy (non-hydrogen) atoms. The molecule has 0 aromatic carbocycles. The first-order valence-electron chi connectivity index (χ1n) is 3.32. The van der Waals surface area contributed by atoms with Crippen LogP contribution in [-0.4, -0.2) is 36.7 Å². The first kappa shape index (κ1) is 5.80. The van der Waals surface area contributed by atoms with E-state index in [1.165, 1.54) is 0 Å². The number of aliphatic imine (C=N–C) groups is 2. The Morgan fingerprint density at radius 1 is 1.70 bits per heavy atom. The monoisotopic (exact) mass is 135 g/mol. The van der Waals surface area contributed by atoms with Gasteiger partial charge < -0.3 is 0 Å². The lowest BCUT2D eigenvalue weighted by Crippen LogP contribution is -2.30. The van der Waals surface area contributed by atoms with Crippen LogP contribution in [0.15, 0.2) is 22.1 Å². The van der Waals surface area contributed by atoms with E-state index in [1.54, 1.807) is 0 Å². The van der Waals surface area contributed by atoms with Crippen LogP contribution in [0.2, 0.25) is 0 Å². The summed E-state index contributed by atoms with van der Waals surface area (Å²) in [5.41, 5.74) is 1.09. The van der Waals surface area contributed by atoms with Gasteiger partial charge in [0.1, 0.15) is 6.17 Å². The van der Waals surface area contributed by atoms with Crippen molar-refractivity contribution in [3.63, 3.8) is 0 Å². The number of fused-ring (bicyclic) bond motifs is 1. The van der Waals surface area contributed by atoms with Gasteiger partial charge in [0.25, 0.3) is 0 Å². The molecule has 0 saturated carbocycles. The van der Waals surface area contributed by atoms with Gasteiger partial charge in [-0.05, 0) is 19.2 Å². The average Bonchev–Trinajstić information content (AvgIpc) is 2.34. The van der Waals surface area contributed by atoms with Crippen molar-refractivity contribution in [2.75, 3.05) is 13.7 Å². The zero-order chi connectivity index (χ0) is 6.97. The van der Waals surface area contributed by atoms with Gasteiger partial charge >= 0.3 is 0 Å². The van der Waals surface area contributed by atoms with Gasteiger partial charge in [0.05, 0.1) is 12.4 Å². The minimum absolute atomic E-state index is 0.199. The van der Waals surface area contributed by atoms with E-state index in [2.05, 4.69) is 14.9 Å². The Bertz CT molecular complexity index is 227. The van der Waals surface area contributed by atoms with Crippen LogP contribution in [0.25, 0.3) is 0 Å². The molecule has 2 aliphatic heterocycles. The number of rotatable bonds is 0. The highest BCUT2D eigenvalue weighted by atomic mass is 15.3. The second kappa shape index (κ2) is 2.02. The molecular weight excluding hydrogens is 126 g/mol. The number of nitrogens with zero attached hydrogens (tertiary/aromatic N) is 3.